The van der Waals surface area contributed by atoms with Gasteiger partial charge in [0, 0.05) is 25.6 Å². The molecule has 0 aromatic carbocycles. The molecule has 84 valence electrons. The second kappa shape index (κ2) is 4.18. The van der Waals surface area contributed by atoms with Gasteiger partial charge in [-0.3, -0.25) is 10.1 Å². The van der Waals surface area contributed by atoms with E-state index < -0.39 is 0 Å². The first-order valence-corrected chi connectivity index (χ1v) is 5.46. The smallest absolute Gasteiger partial charge is 0.320 e. The first-order chi connectivity index (χ1) is 7.16. The van der Waals surface area contributed by atoms with Gasteiger partial charge in [-0.1, -0.05) is 0 Å². The summed E-state index contributed by atoms with van der Waals surface area (Å²) in [5.74, 6) is -0.152. The van der Waals surface area contributed by atoms with E-state index in [1.807, 2.05) is 0 Å². The molecule has 2 rings (SSSR count). The van der Waals surface area contributed by atoms with E-state index in [0.717, 1.165) is 25.9 Å². The average molecular weight is 211 g/mol. The summed E-state index contributed by atoms with van der Waals surface area (Å²) in [5, 5.41) is 2.37. The van der Waals surface area contributed by atoms with Crippen LogP contribution in [0.15, 0.2) is 0 Å². The number of nitrogens with zero attached hydrogens (tertiary/aromatic N) is 2. The average Bonchev–Trinajstić information content (AvgIpc) is 2.17. The van der Waals surface area contributed by atoms with Crippen molar-refractivity contribution in [3.05, 3.63) is 0 Å². The minimum absolute atomic E-state index is 0.152. The molecular weight excluding hydrogens is 194 g/mol. The number of hydrogen-bond acceptors (Lipinski definition) is 3. The van der Waals surface area contributed by atoms with Gasteiger partial charge >= 0.3 is 6.03 Å². The van der Waals surface area contributed by atoms with E-state index >= 15 is 0 Å². The molecule has 0 aliphatic carbocycles. The normalized spacial score (nSPS) is 29.1. The molecule has 2 saturated heterocycles. The maximum Gasteiger partial charge on any atom is 0.324 e. The summed E-state index contributed by atoms with van der Waals surface area (Å²) in [7, 11) is 2.07. The topological polar surface area (TPSA) is 52.6 Å². The molecule has 5 nitrogen and oxygen atoms in total. The largest absolute Gasteiger partial charge is 0.324 e. The van der Waals surface area contributed by atoms with Gasteiger partial charge < -0.3 is 9.80 Å². The number of hydrogen-bond donors (Lipinski definition) is 1. The third kappa shape index (κ3) is 2.28. The lowest BCUT2D eigenvalue weighted by atomic mass is 10.0. The Morgan fingerprint density at radius 2 is 2.13 bits per heavy atom. The Labute approximate surface area is 89.4 Å². The summed E-state index contributed by atoms with van der Waals surface area (Å²) in [5.41, 5.74) is 0. The summed E-state index contributed by atoms with van der Waals surface area (Å²) in [4.78, 5) is 26.6. The number of piperidine rings is 1. The Kier molecular flexibility index (Phi) is 2.90. The molecule has 2 heterocycles. The lowest BCUT2D eigenvalue weighted by molar-refractivity contribution is -0.121. The number of likely N-dealkylation sites (N-methyl/N-ethyl adjacent to an activating group) is 1. The molecule has 0 bridgehead atoms. The van der Waals surface area contributed by atoms with Gasteiger partial charge in [0.25, 0.3) is 0 Å². The zero-order chi connectivity index (χ0) is 10.8. The molecule has 2 aliphatic rings. The van der Waals surface area contributed by atoms with Gasteiger partial charge in [0.15, 0.2) is 0 Å². The molecule has 5 heteroatoms. The van der Waals surface area contributed by atoms with Crippen LogP contribution in [0, 0.1) is 0 Å². The van der Waals surface area contributed by atoms with Crippen LogP contribution in [0.5, 0.6) is 0 Å². The molecule has 2 fully saturated rings. The van der Waals surface area contributed by atoms with E-state index in [1.54, 1.807) is 4.90 Å². The van der Waals surface area contributed by atoms with E-state index in [0.29, 0.717) is 13.0 Å². The molecule has 1 N–H and O–H groups in total. The maximum atomic E-state index is 11.6. The standard InChI is InChI=1S/C10H17N3O2/c1-12-5-2-3-8(7-12)13-6-4-9(14)11-10(13)15/h8H,2-7H2,1H3,(H,11,14,15). The fourth-order valence-corrected chi connectivity index (χ4v) is 2.32. The first-order valence-electron chi connectivity index (χ1n) is 5.46. The fourth-order valence-electron chi connectivity index (χ4n) is 2.32. The van der Waals surface area contributed by atoms with Crippen molar-refractivity contribution in [1.82, 2.24) is 15.1 Å². The number of likely N-dealkylation sites (tertiary alicyclic amines) is 1. The molecule has 2 aliphatic heterocycles. The maximum absolute atomic E-state index is 11.6. The van der Waals surface area contributed by atoms with Crippen molar-refractivity contribution in [2.75, 3.05) is 26.7 Å². The highest BCUT2D eigenvalue weighted by molar-refractivity contribution is 5.96. The number of imide groups is 1. The number of carbonyl (C=O) groups is 2. The Balaban J connectivity index is 1.97. The second-order valence-corrected chi connectivity index (χ2v) is 4.36. The minimum atomic E-state index is -0.216. The van der Waals surface area contributed by atoms with Crippen molar-refractivity contribution in [2.24, 2.45) is 0 Å². The van der Waals surface area contributed by atoms with Crippen LogP contribution in [0.1, 0.15) is 19.3 Å². The van der Waals surface area contributed by atoms with Crippen LogP contribution in [0.25, 0.3) is 0 Å². The van der Waals surface area contributed by atoms with Crippen molar-refractivity contribution in [1.29, 1.82) is 0 Å². The molecule has 15 heavy (non-hydrogen) atoms. The Morgan fingerprint density at radius 1 is 1.33 bits per heavy atom. The van der Waals surface area contributed by atoms with Crippen molar-refractivity contribution < 1.29 is 9.59 Å². The third-order valence-electron chi connectivity index (χ3n) is 3.13. The van der Waals surface area contributed by atoms with Crippen molar-refractivity contribution in [3.8, 4) is 0 Å². The summed E-state index contributed by atoms with van der Waals surface area (Å²) >= 11 is 0. The predicted octanol–water partition coefficient (Wildman–Crippen LogP) is 0.0225. The summed E-state index contributed by atoms with van der Waals surface area (Å²) in [6, 6.07) is 0.0587. The van der Waals surface area contributed by atoms with Crippen LogP contribution >= 0.6 is 0 Å². The van der Waals surface area contributed by atoms with Crippen LogP contribution in [-0.2, 0) is 4.79 Å². The molecular formula is C10H17N3O2. The first kappa shape index (κ1) is 10.4. The highest BCUT2D eigenvalue weighted by Gasteiger charge is 2.31. The molecule has 0 radical (unpaired) electrons. The Hall–Kier alpha value is -1.10. The molecule has 0 aromatic rings. The van der Waals surface area contributed by atoms with Crippen molar-refractivity contribution in [3.63, 3.8) is 0 Å². The lowest BCUT2D eigenvalue weighted by Gasteiger charge is -2.39. The van der Waals surface area contributed by atoms with Crippen LogP contribution in [0.2, 0.25) is 0 Å². The second-order valence-electron chi connectivity index (χ2n) is 4.36. The van der Waals surface area contributed by atoms with E-state index in [2.05, 4.69) is 17.3 Å². The molecule has 0 saturated carbocycles. The van der Waals surface area contributed by atoms with Gasteiger partial charge in [0.1, 0.15) is 0 Å². The van der Waals surface area contributed by atoms with Crippen LogP contribution in [0.3, 0.4) is 0 Å². The van der Waals surface area contributed by atoms with E-state index in [9.17, 15) is 9.59 Å². The summed E-state index contributed by atoms with van der Waals surface area (Å²) < 4.78 is 0. The number of urea groups is 1. The van der Waals surface area contributed by atoms with E-state index in [-0.39, 0.29) is 18.0 Å². The third-order valence-corrected chi connectivity index (χ3v) is 3.13. The molecule has 3 amide bonds. The Morgan fingerprint density at radius 3 is 2.80 bits per heavy atom. The van der Waals surface area contributed by atoms with E-state index in [1.165, 1.54) is 0 Å². The molecule has 1 unspecified atom stereocenters. The van der Waals surface area contributed by atoms with Crippen LogP contribution < -0.4 is 5.32 Å². The summed E-state index contributed by atoms with van der Waals surface area (Å²) in [6.07, 6.45) is 2.61. The van der Waals surface area contributed by atoms with Gasteiger partial charge in [0.05, 0.1) is 0 Å². The highest BCUT2D eigenvalue weighted by atomic mass is 16.2. The fraction of sp³-hybridized carbons (Fsp3) is 0.800. The lowest BCUT2D eigenvalue weighted by Crippen LogP contribution is -2.57. The number of nitrogens with one attached hydrogen (secondary N) is 1. The molecule has 1 atom stereocenters. The van der Waals surface area contributed by atoms with Crippen molar-refractivity contribution in [2.45, 2.75) is 25.3 Å². The highest BCUT2D eigenvalue weighted by Crippen LogP contribution is 2.16. The predicted molar refractivity (Wildman–Crippen MR) is 55.4 cm³/mol. The zero-order valence-electron chi connectivity index (χ0n) is 9.03. The van der Waals surface area contributed by atoms with Gasteiger partial charge in [-0.25, -0.2) is 4.79 Å². The molecule has 0 spiro atoms. The van der Waals surface area contributed by atoms with Gasteiger partial charge in [0.2, 0.25) is 5.91 Å². The quantitative estimate of drug-likeness (QED) is 0.665. The summed E-state index contributed by atoms with van der Waals surface area (Å²) in [6.45, 7) is 2.59. The Bertz CT molecular complexity index is 280. The van der Waals surface area contributed by atoms with Crippen LogP contribution in [0.4, 0.5) is 4.79 Å². The zero-order valence-corrected chi connectivity index (χ0v) is 9.03. The monoisotopic (exact) mass is 211 g/mol. The van der Waals surface area contributed by atoms with Crippen LogP contribution in [-0.4, -0.2) is 54.5 Å². The number of rotatable bonds is 1. The van der Waals surface area contributed by atoms with Gasteiger partial charge in [-0.15, -0.1) is 0 Å². The van der Waals surface area contributed by atoms with E-state index in [4.69, 9.17) is 0 Å². The van der Waals surface area contributed by atoms with Gasteiger partial charge in [-0.2, -0.15) is 0 Å². The van der Waals surface area contributed by atoms with Crippen molar-refractivity contribution >= 4 is 11.9 Å². The number of amides is 3. The van der Waals surface area contributed by atoms with Gasteiger partial charge in [-0.05, 0) is 26.4 Å². The minimum Gasteiger partial charge on any atom is -0.320 e. The number of carbonyl (C=O) groups excluding carboxylic acids is 2. The molecule has 0 aromatic heterocycles. The SMILES string of the molecule is CN1CCCC(N2CCC(=O)NC2=O)C1.